The molecule has 0 radical (unpaired) electrons. The molecule has 1 unspecified atom stereocenters. The highest BCUT2D eigenvalue weighted by molar-refractivity contribution is 5.84. The van der Waals surface area contributed by atoms with Gasteiger partial charge in [0.2, 0.25) is 17.7 Å². The van der Waals surface area contributed by atoms with Gasteiger partial charge in [-0.3, -0.25) is 24.7 Å². The lowest BCUT2D eigenvalue weighted by Crippen LogP contribution is -2.45. The lowest BCUT2D eigenvalue weighted by Gasteiger charge is -2.24. The van der Waals surface area contributed by atoms with Gasteiger partial charge in [-0.25, -0.2) is 5.84 Å². The summed E-state index contributed by atoms with van der Waals surface area (Å²) in [5, 5.41) is 0. The number of carbonyl (C=O) groups excluding carboxylic acids is 3. The number of benzene rings is 1. The Balaban J connectivity index is 2.94. The fraction of sp³-hybridized carbons (Fsp3) is 0.308. The molecule has 0 fully saturated rings. The fourth-order valence-electron chi connectivity index (χ4n) is 2.01. The predicted molar refractivity (Wildman–Crippen MR) is 76.3 cm³/mol. The Labute approximate surface area is 122 Å². The molecule has 0 heterocycles. The normalized spacial score (nSPS) is 11.9. The van der Waals surface area contributed by atoms with Crippen molar-refractivity contribution < 1.29 is 14.4 Å². The third-order valence-corrected chi connectivity index (χ3v) is 2.86. The van der Waals surface area contributed by atoms with E-state index >= 15 is 0 Å². The average Bonchev–Trinajstić information content (AvgIpc) is 2.43. The lowest BCUT2D eigenvalue weighted by atomic mass is 9.97. The minimum Gasteiger partial charge on any atom is -0.369 e. The molecule has 3 amide bonds. The molecule has 1 atom stereocenters. The third-order valence-electron chi connectivity index (χ3n) is 2.86. The van der Waals surface area contributed by atoms with Crippen molar-refractivity contribution in [2.45, 2.75) is 5.92 Å². The average molecular weight is 293 g/mol. The largest absolute Gasteiger partial charge is 0.369 e. The first-order chi connectivity index (χ1) is 9.93. The van der Waals surface area contributed by atoms with Crippen LogP contribution < -0.4 is 22.7 Å². The molecule has 0 aliphatic carbocycles. The number of amides is 3. The molecule has 8 heteroatoms. The van der Waals surface area contributed by atoms with Crippen LogP contribution in [0.3, 0.4) is 0 Å². The van der Waals surface area contributed by atoms with Gasteiger partial charge < -0.3 is 11.5 Å². The minimum atomic E-state index is -0.644. The monoisotopic (exact) mass is 293 g/mol. The van der Waals surface area contributed by atoms with E-state index in [1.54, 1.807) is 24.3 Å². The summed E-state index contributed by atoms with van der Waals surface area (Å²) in [6.45, 7) is -0.257. The van der Waals surface area contributed by atoms with Crippen LogP contribution in [0.1, 0.15) is 11.5 Å². The van der Waals surface area contributed by atoms with E-state index in [-0.39, 0.29) is 19.6 Å². The van der Waals surface area contributed by atoms with Crippen molar-refractivity contribution in [2.75, 3.05) is 19.6 Å². The van der Waals surface area contributed by atoms with E-state index in [4.69, 9.17) is 17.3 Å². The first kappa shape index (κ1) is 16.6. The number of primary amides is 2. The van der Waals surface area contributed by atoms with E-state index in [0.717, 1.165) is 0 Å². The molecule has 0 aliphatic heterocycles. The van der Waals surface area contributed by atoms with Crippen molar-refractivity contribution in [3.63, 3.8) is 0 Å². The Morgan fingerprint density at radius 3 is 2.00 bits per heavy atom. The Morgan fingerprint density at radius 2 is 1.57 bits per heavy atom. The molecule has 0 saturated carbocycles. The number of hydrazine groups is 1. The third kappa shape index (κ3) is 5.59. The van der Waals surface area contributed by atoms with Crippen LogP contribution >= 0.6 is 0 Å². The van der Waals surface area contributed by atoms with Gasteiger partial charge in [0.25, 0.3) is 0 Å². The van der Waals surface area contributed by atoms with E-state index < -0.39 is 23.6 Å². The Kier molecular flexibility index (Phi) is 6.31. The van der Waals surface area contributed by atoms with Gasteiger partial charge in [-0.15, -0.1) is 0 Å². The molecule has 21 heavy (non-hydrogen) atoms. The van der Waals surface area contributed by atoms with Crippen molar-refractivity contribution >= 4 is 17.7 Å². The first-order valence-electron chi connectivity index (χ1n) is 6.28. The van der Waals surface area contributed by atoms with E-state index in [2.05, 4.69) is 5.43 Å². The van der Waals surface area contributed by atoms with Crippen LogP contribution in [0.2, 0.25) is 0 Å². The van der Waals surface area contributed by atoms with Crippen LogP contribution in [0.25, 0.3) is 0 Å². The summed E-state index contributed by atoms with van der Waals surface area (Å²) in [5.74, 6) is 2.88. The zero-order valence-electron chi connectivity index (χ0n) is 11.5. The van der Waals surface area contributed by atoms with Crippen molar-refractivity contribution in [3.8, 4) is 0 Å². The second-order valence-corrected chi connectivity index (χ2v) is 4.57. The SMILES string of the molecule is NNC(=O)C(CN(CC(N)=O)CC(N)=O)c1ccccc1. The number of carbonyl (C=O) groups is 3. The van der Waals surface area contributed by atoms with E-state index in [1.807, 2.05) is 6.07 Å². The molecule has 7 N–H and O–H groups in total. The smallest absolute Gasteiger partial charge is 0.242 e. The molecule has 114 valence electrons. The molecule has 0 aliphatic rings. The van der Waals surface area contributed by atoms with Gasteiger partial charge in [0, 0.05) is 6.54 Å². The van der Waals surface area contributed by atoms with Gasteiger partial charge in [-0.1, -0.05) is 30.3 Å². The number of nitrogens with zero attached hydrogens (tertiary/aromatic N) is 1. The first-order valence-corrected chi connectivity index (χ1v) is 6.28. The molecule has 1 aromatic carbocycles. The van der Waals surface area contributed by atoms with Crippen molar-refractivity contribution in [1.29, 1.82) is 0 Å². The van der Waals surface area contributed by atoms with Crippen molar-refractivity contribution in [3.05, 3.63) is 35.9 Å². The van der Waals surface area contributed by atoms with Gasteiger partial charge in [0.15, 0.2) is 0 Å². The highest BCUT2D eigenvalue weighted by Gasteiger charge is 2.24. The Bertz CT molecular complexity index is 490. The van der Waals surface area contributed by atoms with Crippen LogP contribution in [0.4, 0.5) is 0 Å². The van der Waals surface area contributed by atoms with Crippen LogP contribution in [-0.4, -0.2) is 42.3 Å². The molecule has 1 rings (SSSR count). The zero-order valence-corrected chi connectivity index (χ0v) is 11.5. The number of hydrogen-bond acceptors (Lipinski definition) is 5. The van der Waals surface area contributed by atoms with Crippen molar-refractivity contribution in [2.24, 2.45) is 17.3 Å². The van der Waals surface area contributed by atoms with Gasteiger partial charge in [-0.2, -0.15) is 0 Å². The minimum absolute atomic E-state index is 0.0962. The topological polar surface area (TPSA) is 145 Å². The maximum absolute atomic E-state index is 11.9. The van der Waals surface area contributed by atoms with Gasteiger partial charge in [-0.05, 0) is 5.56 Å². The maximum Gasteiger partial charge on any atom is 0.242 e. The summed E-state index contributed by atoms with van der Waals surface area (Å²) in [5.41, 5.74) is 13.1. The molecule has 0 spiro atoms. The fourth-order valence-corrected chi connectivity index (χ4v) is 2.01. The molecule has 0 bridgehead atoms. The number of nitrogens with one attached hydrogen (secondary N) is 1. The van der Waals surface area contributed by atoms with Crippen LogP contribution in [-0.2, 0) is 14.4 Å². The highest BCUT2D eigenvalue weighted by atomic mass is 16.2. The summed E-state index contributed by atoms with van der Waals surface area (Å²) in [4.78, 5) is 35.4. The summed E-state index contributed by atoms with van der Waals surface area (Å²) < 4.78 is 0. The Hall–Kier alpha value is -2.45. The standard InChI is InChI=1S/C13H19N5O3/c14-11(19)7-18(8-12(15)20)6-10(13(21)17-16)9-4-2-1-3-5-9/h1-5,10H,6-8,16H2,(H2,14,19)(H2,15,20)(H,17,21). The van der Waals surface area contributed by atoms with Crippen LogP contribution in [0, 0.1) is 0 Å². The second-order valence-electron chi connectivity index (χ2n) is 4.57. The van der Waals surface area contributed by atoms with E-state index in [1.165, 1.54) is 4.90 Å². The molecule has 0 aromatic heterocycles. The maximum atomic E-state index is 11.9. The lowest BCUT2D eigenvalue weighted by molar-refractivity contribution is -0.126. The van der Waals surface area contributed by atoms with Gasteiger partial charge >= 0.3 is 0 Å². The van der Waals surface area contributed by atoms with Crippen LogP contribution in [0.15, 0.2) is 30.3 Å². The molecule has 1 aromatic rings. The molecular formula is C13H19N5O3. The van der Waals surface area contributed by atoms with Crippen molar-refractivity contribution in [1.82, 2.24) is 10.3 Å². The van der Waals surface area contributed by atoms with E-state index in [0.29, 0.717) is 5.56 Å². The summed E-state index contributed by atoms with van der Waals surface area (Å²) in [6.07, 6.45) is 0. The number of rotatable bonds is 8. The molecule has 0 saturated heterocycles. The number of nitrogens with two attached hydrogens (primary N) is 3. The molecular weight excluding hydrogens is 274 g/mol. The van der Waals surface area contributed by atoms with E-state index in [9.17, 15) is 14.4 Å². The summed E-state index contributed by atoms with van der Waals surface area (Å²) in [6, 6.07) is 8.88. The van der Waals surface area contributed by atoms with Gasteiger partial charge in [0.05, 0.1) is 19.0 Å². The van der Waals surface area contributed by atoms with Gasteiger partial charge in [0.1, 0.15) is 0 Å². The number of hydrogen-bond donors (Lipinski definition) is 4. The summed E-state index contributed by atoms with van der Waals surface area (Å²) in [7, 11) is 0. The van der Waals surface area contributed by atoms with Crippen LogP contribution in [0.5, 0.6) is 0 Å². The molecule has 8 nitrogen and oxygen atoms in total. The second kappa shape index (κ2) is 7.98. The highest BCUT2D eigenvalue weighted by Crippen LogP contribution is 2.17. The zero-order chi connectivity index (χ0) is 15.8. The quantitative estimate of drug-likeness (QED) is 0.250. The Morgan fingerprint density at radius 1 is 1.05 bits per heavy atom. The predicted octanol–water partition coefficient (Wildman–Crippen LogP) is -1.97. The summed E-state index contributed by atoms with van der Waals surface area (Å²) >= 11 is 0.